The zero-order valence-electron chi connectivity index (χ0n) is 9.23. The van der Waals surface area contributed by atoms with Crippen molar-refractivity contribution in [3.05, 3.63) is 60.9 Å². The van der Waals surface area contributed by atoms with Crippen LogP contribution in [0.5, 0.6) is 0 Å². The van der Waals surface area contributed by atoms with Crippen molar-refractivity contribution in [2.24, 2.45) is 0 Å². The minimum Gasteiger partial charge on any atom is -0.498 e. The first-order valence-corrected chi connectivity index (χ1v) is 5.28. The highest BCUT2D eigenvalue weighted by Crippen LogP contribution is 2.10. The number of rotatable bonds is 6. The second-order valence-electron chi connectivity index (χ2n) is 3.42. The molecule has 1 nitrogen and oxygen atoms in total. The highest BCUT2D eigenvalue weighted by Gasteiger charge is 2.06. The number of hydrogen-bond donors (Lipinski definition) is 0. The van der Waals surface area contributed by atoms with Gasteiger partial charge in [-0.25, -0.2) is 0 Å². The maximum atomic E-state index is 5.46. The molecule has 0 saturated heterocycles. The van der Waals surface area contributed by atoms with Crippen LogP contribution in [0.3, 0.4) is 0 Å². The average molecular weight is 202 g/mol. The standard InChI is InChI=1S/C14H18O/c1-3-5-11-14(15-4-2)12-13-9-7-6-8-10-13/h3-10,14H,2,11-12H2,1H3. The van der Waals surface area contributed by atoms with E-state index in [-0.39, 0.29) is 6.10 Å². The fourth-order valence-electron chi connectivity index (χ4n) is 1.49. The van der Waals surface area contributed by atoms with Crippen molar-refractivity contribution in [1.29, 1.82) is 0 Å². The van der Waals surface area contributed by atoms with E-state index >= 15 is 0 Å². The Morgan fingerprint density at radius 3 is 2.67 bits per heavy atom. The van der Waals surface area contributed by atoms with Crippen LogP contribution in [-0.4, -0.2) is 6.10 Å². The molecule has 1 aromatic carbocycles. The van der Waals surface area contributed by atoms with Gasteiger partial charge in [0.2, 0.25) is 0 Å². The third kappa shape index (κ3) is 4.50. The van der Waals surface area contributed by atoms with Gasteiger partial charge in [-0.3, -0.25) is 0 Å². The van der Waals surface area contributed by atoms with Crippen LogP contribution in [-0.2, 0) is 11.2 Å². The van der Waals surface area contributed by atoms with Gasteiger partial charge in [-0.05, 0) is 12.5 Å². The summed E-state index contributed by atoms with van der Waals surface area (Å²) in [6.45, 7) is 5.63. The molecule has 80 valence electrons. The molecule has 0 aliphatic heterocycles. The Bertz CT molecular complexity index is 300. The van der Waals surface area contributed by atoms with Gasteiger partial charge in [-0.2, -0.15) is 0 Å². The Hall–Kier alpha value is -1.50. The number of ether oxygens (including phenoxy) is 1. The zero-order chi connectivity index (χ0) is 10.9. The van der Waals surface area contributed by atoms with Gasteiger partial charge < -0.3 is 4.74 Å². The molecule has 1 atom stereocenters. The molecule has 0 heterocycles. The lowest BCUT2D eigenvalue weighted by molar-refractivity contribution is 0.148. The van der Waals surface area contributed by atoms with E-state index in [0.29, 0.717) is 0 Å². The monoisotopic (exact) mass is 202 g/mol. The van der Waals surface area contributed by atoms with Crippen molar-refractivity contribution in [2.75, 3.05) is 0 Å². The summed E-state index contributed by atoms with van der Waals surface area (Å²) < 4.78 is 5.46. The van der Waals surface area contributed by atoms with Gasteiger partial charge in [-0.1, -0.05) is 49.1 Å². The molecule has 1 heteroatoms. The molecule has 0 bridgehead atoms. The molecule has 1 rings (SSSR count). The van der Waals surface area contributed by atoms with Crippen molar-refractivity contribution in [3.63, 3.8) is 0 Å². The zero-order valence-corrected chi connectivity index (χ0v) is 9.23. The summed E-state index contributed by atoms with van der Waals surface area (Å²) in [6.07, 6.45) is 7.74. The maximum Gasteiger partial charge on any atom is 0.105 e. The summed E-state index contributed by atoms with van der Waals surface area (Å²) in [5, 5.41) is 0. The molecule has 0 aromatic heterocycles. The van der Waals surface area contributed by atoms with Crippen molar-refractivity contribution in [2.45, 2.75) is 25.9 Å². The summed E-state index contributed by atoms with van der Waals surface area (Å²) in [6, 6.07) is 10.4. The predicted octanol–water partition coefficient (Wildman–Crippen LogP) is 3.72. The highest BCUT2D eigenvalue weighted by molar-refractivity contribution is 5.15. The fraction of sp³-hybridized carbons (Fsp3) is 0.286. The molecule has 15 heavy (non-hydrogen) atoms. The first kappa shape index (κ1) is 11.6. The van der Waals surface area contributed by atoms with Crippen LogP contribution < -0.4 is 0 Å². The van der Waals surface area contributed by atoms with E-state index in [1.807, 2.05) is 19.1 Å². The van der Waals surface area contributed by atoms with Crippen LogP contribution in [0, 0.1) is 0 Å². The van der Waals surface area contributed by atoms with Gasteiger partial charge >= 0.3 is 0 Å². The van der Waals surface area contributed by atoms with Gasteiger partial charge in [0, 0.05) is 12.8 Å². The predicted molar refractivity (Wildman–Crippen MR) is 64.6 cm³/mol. The van der Waals surface area contributed by atoms with E-state index in [2.05, 4.69) is 36.9 Å². The minimum absolute atomic E-state index is 0.195. The van der Waals surface area contributed by atoms with Crippen LogP contribution in [0.15, 0.2) is 55.3 Å². The molecule has 0 aliphatic carbocycles. The molecular formula is C14H18O. The second kappa shape index (κ2) is 6.88. The van der Waals surface area contributed by atoms with Crippen LogP contribution in [0.4, 0.5) is 0 Å². The number of hydrogen-bond acceptors (Lipinski definition) is 1. The lowest BCUT2D eigenvalue weighted by Gasteiger charge is -2.14. The molecule has 0 spiro atoms. The molecule has 1 aromatic rings. The Morgan fingerprint density at radius 1 is 1.33 bits per heavy atom. The van der Waals surface area contributed by atoms with Crippen LogP contribution in [0.2, 0.25) is 0 Å². The third-order valence-electron chi connectivity index (χ3n) is 2.23. The Kier molecular flexibility index (Phi) is 5.31. The van der Waals surface area contributed by atoms with Crippen LogP contribution in [0.1, 0.15) is 18.9 Å². The summed E-state index contributed by atoms with van der Waals surface area (Å²) in [5.74, 6) is 0. The van der Waals surface area contributed by atoms with Crippen molar-refractivity contribution < 1.29 is 4.74 Å². The molecule has 0 radical (unpaired) electrons. The molecule has 0 fully saturated rings. The molecule has 0 saturated carbocycles. The second-order valence-corrected chi connectivity index (χ2v) is 3.42. The van der Waals surface area contributed by atoms with Crippen molar-refractivity contribution in [3.8, 4) is 0 Å². The topological polar surface area (TPSA) is 9.23 Å². The van der Waals surface area contributed by atoms with Crippen LogP contribution in [0.25, 0.3) is 0 Å². The summed E-state index contributed by atoms with van der Waals surface area (Å²) in [7, 11) is 0. The van der Waals surface area contributed by atoms with Gasteiger partial charge in [0.05, 0.1) is 6.26 Å². The van der Waals surface area contributed by atoms with Crippen molar-refractivity contribution in [1.82, 2.24) is 0 Å². The lowest BCUT2D eigenvalue weighted by atomic mass is 10.1. The lowest BCUT2D eigenvalue weighted by Crippen LogP contribution is -2.12. The largest absolute Gasteiger partial charge is 0.498 e. The van der Waals surface area contributed by atoms with Gasteiger partial charge in [0.15, 0.2) is 0 Å². The van der Waals surface area contributed by atoms with E-state index in [9.17, 15) is 0 Å². The molecule has 0 aliphatic rings. The third-order valence-corrected chi connectivity index (χ3v) is 2.23. The van der Waals surface area contributed by atoms with Gasteiger partial charge in [0.25, 0.3) is 0 Å². The first-order chi connectivity index (χ1) is 7.36. The van der Waals surface area contributed by atoms with E-state index in [4.69, 9.17) is 4.74 Å². The fourth-order valence-corrected chi connectivity index (χ4v) is 1.49. The highest BCUT2D eigenvalue weighted by atomic mass is 16.5. The number of benzene rings is 1. The number of allylic oxidation sites excluding steroid dienone is 1. The van der Waals surface area contributed by atoms with Gasteiger partial charge in [0.1, 0.15) is 6.10 Å². The maximum absolute atomic E-state index is 5.46. The summed E-state index contributed by atoms with van der Waals surface area (Å²) in [4.78, 5) is 0. The minimum atomic E-state index is 0.195. The quantitative estimate of drug-likeness (QED) is 0.504. The molecular weight excluding hydrogens is 184 g/mol. The van der Waals surface area contributed by atoms with Crippen molar-refractivity contribution >= 4 is 0 Å². The smallest absolute Gasteiger partial charge is 0.105 e. The Morgan fingerprint density at radius 2 is 2.07 bits per heavy atom. The Labute approximate surface area is 92.1 Å². The van der Waals surface area contributed by atoms with Crippen LogP contribution >= 0.6 is 0 Å². The summed E-state index contributed by atoms with van der Waals surface area (Å²) >= 11 is 0. The van der Waals surface area contributed by atoms with Gasteiger partial charge in [-0.15, -0.1) is 0 Å². The molecule has 0 amide bonds. The summed E-state index contributed by atoms with van der Waals surface area (Å²) in [5.41, 5.74) is 1.30. The average Bonchev–Trinajstić information content (AvgIpc) is 2.28. The first-order valence-electron chi connectivity index (χ1n) is 5.28. The van der Waals surface area contributed by atoms with E-state index in [0.717, 1.165) is 12.8 Å². The normalized spacial score (nSPS) is 12.6. The van der Waals surface area contributed by atoms with E-state index in [1.54, 1.807) is 0 Å². The van der Waals surface area contributed by atoms with E-state index < -0.39 is 0 Å². The SMILES string of the molecule is C=COC(CC=CC)Cc1ccccc1. The molecule has 0 N–H and O–H groups in total. The van der Waals surface area contributed by atoms with E-state index in [1.165, 1.54) is 11.8 Å². The molecule has 1 unspecified atom stereocenters. The Balaban J connectivity index is 2.54.